The summed E-state index contributed by atoms with van der Waals surface area (Å²) in [6, 6.07) is 7.37. The van der Waals surface area contributed by atoms with E-state index in [1.165, 1.54) is 4.90 Å². The minimum atomic E-state index is -0.331. The van der Waals surface area contributed by atoms with Crippen LogP contribution in [0.4, 0.5) is 4.79 Å². The maximum absolute atomic E-state index is 12.0. The summed E-state index contributed by atoms with van der Waals surface area (Å²) in [6.45, 7) is 0.943. The van der Waals surface area contributed by atoms with Crippen molar-refractivity contribution in [3.63, 3.8) is 0 Å². The van der Waals surface area contributed by atoms with Gasteiger partial charge in [-0.3, -0.25) is 14.5 Å². The largest absolute Gasteiger partial charge is 0.356 e. The molecule has 0 saturated carbocycles. The number of quaternary nitrogens is 1. The summed E-state index contributed by atoms with van der Waals surface area (Å²) in [5, 5.41) is 0.141. The van der Waals surface area contributed by atoms with E-state index in [0.717, 1.165) is 17.3 Å². The Balaban J connectivity index is 2.07. The Bertz CT molecular complexity index is 481. The molecule has 2 amide bonds. The van der Waals surface area contributed by atoms with Crippen LogP contribution in [0, 0.1) is 0 Å². The highest BCUT2D eigenvalue weighted by atomic mass is 35.5. The first-order valence-electron chi connectivity index (χ1n) is 5.67. The monoisotopic (exact) mass is 285 g/mol. The first-order valence-corrected chi connectivity index (χ1v) is 6.93. The predicted octanol–water partition coefficient (Wildman–Crippen LogP) is 1.19. The highest BCUT2D eigenvalue weighted by Crippen LogP contribution is 2.29. The molecule has 1 fully saturated rings. The van der Waals surface area contributed by atoms with Gasteiger partial charge in [0.2, 0.25) is 5.91 Å². The van der Waals surface area contributed by atoms with Crippen molar-refractivity contribution in [1.29, 1.82) is 0 Å². The zero-order valence-corrected chi connectivity index (χ0v) is 11.3. The third kappa shape index (κ3) is 2.85. The lowest BCUT2D eigenvalue weighted by molar-refractivity contribution is -0.367. The SMILES string of the molecule is [NH3+]CCN1C(=O)S[C@@H](Cc2cccc(Cl)c2)C1=O. The standard InChI is InChI=1S/C12H13ClN2O2S/c13-9-3-1-2-8(6-9)7-10-11(16)15(5-4-14)12(17)18-10/h1-3,6,10H,4-5,7,14H2/p+1/t10-/m0/s1. The van der Waals surface area contributed by atoms with Gasteiger partial charge in [0.05, 0.1) is 18.3 Å². The van der Waals surface area contributed by atoms with Gasteiger partial charge >= 0.3 is 0 Å². The van der Waals surface area contributed by atoms with Crippen LogP contribution in [0.1, 0.15) is 5.56 Å². The molecule has 0 bridgehead atoms. The summed E-state index contributed by atoms with van der Waals surface area (Å²) >= 11 is 6.99. The van der Waals surface area contributed by atoms with Gasteiger partial charge in [-0.15, -0.1) is 0 Å². The van der Waals surface area contributed by atoms with Crippen LogP contribution in [0.25, 0.3) is 0 Å². The Morgan fingerprint density at radius 1 is 1.39 bits per heavy atom. The fraction of sp³-hybridized carbons (Fsp3) is 0.333. The molecule has 1 aromatic carbocycles. The van der Waals surface area contributed by atoms with Crippen LogP contribution >= 0.6 is 23.4 Å². The van der Waals surface area contributed by atoms with Crippen LogP contribution in [0.3, 0.4) is 0 Å². The van der Waals surface area contributed by atoms with E-state index >= 15 is 0 Å². The Hall–Kier alpha value is -1.04. The predicted molar refractivity (Wildman–Crippen MR) is 71.4 cm³/mol. The Morgan fingerprint density at radius 2 is 2.17 bits per heavy atom. The van der Waals surface area contributed by atoms with Crippen molar-refractivity contribution in [3.8, 4) is 0 Å². The Morgan fingerprint density at radius 3 is 2.83 bits per heavy atom. The van der Waals surface area contributed by atoms with Crippen LogP contribution in [-0.4, -0.2) is 34.4 Å². The van der Waals surface area contributed by atoms with Gasteiger partial charge < -0.3 is 5.73 Å². The number of carbonyl (C=O) groups excluding carboxylic acids is 2. The van der Waals surface area contributed by atoms with Crippen molar-refractivity contribution < 1.29 is 15.3 Å². The highest BCUT2D eigenvalue weighted by molar-refractivity contribution is 8.15. The number of amides is 2. The molecule has 0 aromatic heterocycles. The van der Waals surface area contributed by atoms with Gasteiger partial charge in [0.15, 0.2) is 0 Å². The smallest absolute Gasteiger partial charge is 0.289 e. The zero-order valence-electron chi connectivity index (χ0n) is 9.77. The molecule has 0 aliphatic carbocycles. The maximum atomic E-state index is 12.0. The van der Waals surface area contributed by atoms with Crippen molar-refractivity contribution in [2.24, 2.45) is 0 Å². The van der Waals surface area contributed by atoms with E-state index in [1.54, 1.807) is 6.07 Å². The average molecular weight is 286 g/mol. The Labute approximate surface area is 114 Å². The number of imide groups is 1. The molecule has 3 N–H and O–H groups in total. The molecule has 1 atom stereocenters. The van der Waals surface area contributed by atoms with Gasteiger partial charge in [-0.1, -0.05) is 35.5 Å². The van der Waals surface area contributed by atoms with Crippen molar-refractivity contribution in [1.82, 2.24) is 4.90 Å². The van der Waals surface area contributed by atoms with Crippen molar-refractivity contribution in [2.45, 2.75) is 11.7 Å². The first-order chi connectivity index (χ1) is 8.61. The topological polar surface area (TPSA) is 65.0 Å². The summed E-state index contributed by atoms with van der Waals surface area (Å²) in [5.74, 6) is -0.117. The van der Waals surface area contributed by atoms with E-state index in [9.17, 15) is 9.59 Å². The average Bonchev–Trinajstić information content (AvgIpc) is 2.57. The molecule has 96 valence electrons. The quantitative estimate of drug-likeness (QED) is 0.904. The molecular weight excluding hydrogens is 272 g/mol. The number of carbonyl (C=O) groups is 2. The molecule has 1 aliphatic rings. The maximum Gasteiger partial charge on any atom is 0.289 e. The van der Waals surface area contributed by atoms with Gasteiger partial charge in [0, 0.05) is 5.02 Å². The lowest BCUT2D eigenvalue weighted by Gasteiger charge is -2.11. The number of nitrogens with zero attached hydrogens (tertiary/aromatic N) is 1. The number of rotatable bonds is 4. The third-order valence-corrected chi connectivity index (χ3v) is 4.01. The van der Waals surface area contributed by atoms with Crippen LogP contribution in [0.5, 0.6) is 0 Å². The summed E-state index contributed by atoms with van der Waals surface area (Å²) in [7, 11) is 0. The molecule has 1 aromatic rings. The molecule has 2 rings (SSSR count). The molecule has 4 nitrogen and oxygen atoms in total. The molecule has 0 radical (unpaired) electrons. The number of benzene rings is 1. The fourth-order valence-corrected chi connectivity index (χ4v) is 3.13. The zero-order chi connectivity index (χ0) is 13.1. The Kier molecular flexibility index (Phi) is 4.27. The second-order valence-electron chi connectivity index (χ2n) is 4.05. The van der Waals surface area contributed by atoms with E-state index in [1.807, 2.05) is 18.2 Å². The molecule has 0 spiro atoms. The van der Waals surface area contributed by atoms with Gasteiger partial charge in [-0.25, -0.2) is 0 Å². The van der Waals surface area contributed by atoms with E-state index in [-0.39, 0.29) is 16.4 Å². The highest BCUT2D eigenvalue weighted by Gasteiger charge is 2.39. The summed E-state index contributed by atoms with van der Waals surface area (Å²) < 4.78 is 0. The normalized spacial score (nSPS) is 19.7. The van der Waals surface area contributed by atoms with Crippen LogP contribution in [0.2, 0.25) is 5.02 Å². The van der Waals surface area contributed by atoms with Crippen LogP contribution < -0.4 is 5.73 Å². The third-order valence-electron chi connectivity index (χ3n) is 2.70. The molecule has 1 saturated heterocycles. The fourth-order valence-electron chi connectivity index (χ4n) is 1.87. The van der Waals surface area contributed by atoms with Crippen LogP contribution in [0.15, 0.2) is 24.3 Å². The first kappa shape index (κ1) is 13.4. The number of hydrogen-bond donors (Lipinski definition) is 1. The van der Waals surface area contributed by atoms with E-state index in [4.69, 9.17) is 11.6 Å². The molecule has 6 heteroatoms. The summed E-state index contributed by atoms with van der Waals surface area (Å²) in [4.78, 5) is 25.0. The second-order valence-corrected chi connectivity index (χ2v) is 5.64. The van der Waals surface area contributed by atoms with Gasteiger partial charge in [-0.05, 0) is 24.1 Å². The van der Waals surface area contributed by atoms with Crippen molar-refractivity contribution in [2.75, 3.05) is 13.1 Å². The number of hydrogen-bond acceptors (Lipinski definition) is 3. The molecule has 1 aliphatic heterocycles. The number of thioether (sulfide) groups is 1. The summed E-state index contributed by atoms with van der Waals surface area (Å²) in [6.07, 6.45) is 0.531. The van der Waals surface area contributed by atoms with Gasteiger partial charge in [0.25, 0.3) is 5.24 Å². The lowest BCUT2D eigenvalue weighted by Crippen LogP contribution is -2.55. The van der Waals surface area contributed by atoms with Crippen molar-refractivity contribution in [3.05, 3.63) is 34.9 Å². The summed E-state index contributed by atoms with van der Waals surface area (Å²) in [5.41, 5.74) is 4.64. The van der Waals surface area contributed by atoms with Crippen LogP contribution in [-0.2, 0) is 11.2 Å². The van der Waals surface area contributed by atoms with E-state index in [2.05, 4.69) is 5.73 Å². The van der Waals surface area contributed by atoms with Crippen molar-refractivity contribution >= 4 is 34.5 Å². The van der Waals surface area contributed by atoms with Gasteiger partial charge in [0.1, 0.15) is 0 Å². The van der Waals surface area contributed by atoms with E-state index in [0.29, 0.717) is 24.5 Å². The van der Waals surface area contributed by atoms with E-state index < -0.39 is 0 Å². The molecule has 1 heterocycles. The molecule has 0 unspecified atom stereocenters. The molecular formula is C12H14ClN2O2S+. The van der Waals surface area contributed by atoms with Gasteiger partial charge in [-0.2, -0.15) is 0 Å². The lowest BCUT2D eigenvalue weighted by atomic mass is 10.1. The minimum absolute atomic E-state index is 0.117. The second kappa shape index (κ2) is 5.73. The molecule has 18 heavy (non-hydrogen) atoms. The minimum Gasteiger partial charge on any atom is -0.356 e. The number of halogens is 1.